The maximum atomic E-state index is 12.1. The Morgan fingerprint density at radius 1 is 1.33 bits per heavy atom. The number of carbonyl (C=O) groups is 3. The topological polar surface area (TPSA) is 136 Å². The van der Waals surface area contributed by atoms with Crippen LogP contribution < -0.4 is 17.0 Å². The third-order valence-electron chi connectivity index (χ3n) is 3.58. The van der Waals surface area contributed by atoms with Gasteiger partial charge in [-0.05, 0) is 12.8 Å². The molecule has 3 amide bonds. The van der Waals surface area contributed by atoms with E-state index >= 15 is 0 Å². The van der Waals surface area contributed by atoms with Gasteiger partial charge >= 0.3 is 0 Å². The van der Waals surface area contributed by atoms with Gasteiger partial charge in [0.2, 0.25) is 11.8 Å². The molecule has 9 nitrogen and oxygen atoms in total. The highest BCUT2D eigenvalue weighted by Gasteiger charge is 2.27. The number of nitrogens with zero attached hydrogens (tertiary/aromatic N) is 3. The highest BCUT2D eigenvalue weighted by molar-refractivity contribution is 5.92. The number of nitrogens with two attached hydrogens (primary N) is 2. The van der Waals surface area contributed by atoms with Gasteiger partial charge in [-0.1, -0.05) is 0 Å². The number of rotatable bonds is 4. The molecule has 1 aliphatic heterocycles. The van der Waals surface area contributed by atoms with Crippen LogP contribution in [0.4, 0.5) is 0 Å². The summed E-state index contributed by atoms with van der Waals surface area (Å²) >= 11 is 0. The molecule has 0 bridgehead atoms. The average Bonchev–Trinajstić information content (AvgIpc) is 2.95. The first-order valence-corrected chi connectivity index (χ1v) is 6.61. The molecule has 2 rings (SSSR count). The van der Waals surface area contributed by atoms with Crippen molar-refractivity contribution >= 4 is 17.7 Å². The number of hydrogen-bond donors (Lipinski definition) is 3. The van der Waals surface area contributed by atoms with E-state index in [1.54, 1.807) is 4.90 Å². The Balaban J connectivity index is 1.87. The minimum absolute atomic E-state index is 0.0427. The zero-order chi connectivity index (χ0) is 15.4. The summed E-state index contributed by atoms with van der Waals surface area (Å²) in [6.07, 6.45) is 3.93. The summed E-state index contributed by atoms with van der Waals surface area (Å²) in [6.45, 7) is 1.04. The van der Waals surface area contributed by atoms with E-state index in [0.29, 0.717) is 25.9 Å². The van der Waals surface area contributed by atoms with Crippen LogP contribution in [0.1, 0.15) is 23.2 Å². The van der Waals surface area contributed by atoms with E-state index in [4.69, 9.17) is 11.6 Å². The SMILES string of the molecule is NNC(=O)C1CCN(C(=O)Cn2cc(C(N)=O)cn2)CC1. The molecule has 1 fully saturated rings. The third kappa shape index (κ3) is 3.57. The molecule has 0 unspecified atom stereocenters. The van der Waals surface area contributed by atoms with Crippen molar-refractivity contribution in [3.8, 4) is 0 Å². The van der Waals surface area contributed by atoms with Crippen molar-refractivity contribution in [1.82, 2.24) is 20.1 Å². The lowest BCUT2D eigenvalue weighted by Gasteiger charge is -2.31. The molecule has 9 heteroatoms. The molecule has 0 aromatic carbocycles. The van der Waals surface area contributed by atoms with Crippen LogP contribution in [0.2, 0.25) is 0 Å². The van der Waals surface area contributed by atoms with E-state index in [-0.39, 0.29) is 29.8 Å². The van der Waals surface area contributed by atoms with Crippen molar-refractivity contribution in [2.75, 3.05) is 13.1 Å². The summed E-state index contributed by atoms with van der Waals surface area (Å²) in [7, 11) is 0. The molecule has 0 spiro atoms. The highest BCUT2D eigenvalue weighted by Crippen LogP contribution is 2.17. The highest BCUT2D eigenvalue weighted by atomic mass is 16.2. The van der Waals surface area contributed by atoms with E-state index in [9.17, 15) is 14.4 Å². The van der Waals surface area contributed by atoms with Gasteiger partial charge in [0, 0.05) is 25.2 Å². The summed E-state index contributed by atoms with van der Waals surface area (Å²) in [5, 5.41) is 3.92. The second kappa shape index (κ2) is 6.35. The van der Waals surface area contributed by atoms with Crippen molar-refractivity contribution in [3.05, 3.63) is 18.0 Å². The lowest BCUT2D eigenvalue weighted by molar-refractivity contribution is -0.136. The second-order valence-corrected chi connectivity index (χ2v) is 4.95. The number of carbonyl (C=O) groups excluding carboxylic acids is 3. The average molecular weight is 294 g/mol. The fraction of sp³-hybridized carbons (Fsp3) is 0.500. The van der Waals surface area contributed by atoms with Gasteiger partial charge in [0.1, 0.15) is 6.54 Å². The molecule has 1 aliphatic rings. The Labute approximate surface area is 121 Å². The number of amides is 3. The Kier molecular flexibility index (Phi) is 4.53. The maximum Gasteiger partial charge on any atom is 0.251 e. The normalized spacial score (nSPS) is 15.8. The van der Waals surface area contributed by atoms with Crippen LogP contribution in [0.3, 0.4) is 0 Å². The van der Waals surface area contributed by atoms with Crippen LogP contribution in [0.25, 0.3) is 0 Å². The van der Waals surface area contributed by atoms with Gasteiger partial charge in [0.15, 0.2) is 0 Å². The molecule has 1 aromatic heterocycles. The summed E-state index contributed by atoms with van der Waals surface area (Å²) in [4.78, 5) is 36.1. The first kappa shape index (κ1) is 15.0. The lowest BCUT2D eigenvalue weighted by Crippen LogP contribution is -2.45. The Hall–Kier alpha value is -2.42. The maximum absolute atomic E-state index is 12.1. The van der Waals surface area contributed by atoms with Gasteiger partial charge in [0.25, 0.3) is 5.91 Å². The zero-order valence-corrected chi connectivity index (χ0v) is 11.5. The van der Waals surface area contributed by atoms with E-state index in [1.807, 2.05) is 0 Å². The molecule has 5 N–H and O–H groups in total. The monoisotopic (exact) mass is 294 g/mol. The van der Waals surface area contributed by atoms with Gasteiger partial charge in [-0.3, -0.25) is 24.5 Å². The minimum atomic E-state index is -0.581. The Morgan fingerprint density at radius 2 is 2.00 bits per heavy atom. The Morgan fingerprint density at radius 3 is 2.52 bits per heavy atom. The molecule has 21 heavy (non-hydrogen) atoms. The molecule has 1 aromatic rings. The van der Waals surface area contributed by atoms with E-state index < -0.39 is 5.91 Å². The van der Waals surface area contributed by atoms with Crippen LogP contribution in [0.5, 0.6) is 0 Å². The standard InChI is InChI=1S/C12H18N6O3/c13-11(20)9-5-15-18(6-9)7-10(19)17-3-1-8(2-4-17)12(21)16-14/h5-6,8H,1-4,7,14H2,(H2,13,20)(H,16,21). The van der Waals surface area contributed by atoms with Gasteiger partial charge in [-0.25, -0.2) is 5.84 Å². The zero-order valence-electron chi connectivity index (χ0n) is 11.5. The van der Waals surface area contributed by atoms with Gasteiger partial charge < -0.3 is 10.6 Å². The lowest BCUT2D eigenvalue weighted by atomic mass is 9.96. The number of primary amides is 1. The number of hydrogen-bond acceptors (Lipinski definition) is 5. The summed E-state index contributed by atoms with van der Waals surface area (Å²) in [5.41, 5.74) is 7.52. The number of nitrogens with one attached hydrogen (secondary N) is 1. The first-order chi connectivity index (χ1) is 10.0. The summed E-state index contributed by atoms with van der Waals surface area (Å²) in [6, 6.07) is 0. The number of aromatic nitrogens is 2. The van der Waals surface area contributed by atoms with E-state index in [2.05, 4.69) is 10.5 Å². The molecule has 1 saturated heterocycles. The van der Waals surface area contributed by atoms with Crippen LogP contribution in [-0.4, -0.2) is 45.5 Å². The number of hydrazine groups is 1. The fourth-order valence-corrected chi connectivity index (χ4v) is 2.32. The van der Waals surface area contributed by atoms with Crippen molar-refractivity contribution < 1.29 is 14.4 Å². The van der Waals surface area contributed by atoms with Crippen LogP contribution >= 0.6 is 0 Å². The fourth-order valence-electron chi connectivity index (χ4n) is 2.32. The summed E-state index contributed by atoms with van der Waals surface area (Å²) < 4.78 is 1.38. The van der Waals surface area contributed by atoms with Gasteiger partial charge in [0.05, 0.1) is 11.8 Å². The quantitative estimate of drug-likeness (QED) is 0.342. The molecular formula is C12H18N6O3. The van der Waals surface area contributed by atoms with Crippen molar-refractivity contribution in [2.24, 2.45) is 17.5 Å². The minimum Gasteiger partial charge on any atom is -0.366 e. The molecule has 0 aliphatic carbocycles. The van der Waals surface area contributed by atoms with Crippen LogP contribution in [0.15, 0.2) is 12.4 Å². The molecule has 0 atom stereocenters. The van der Waals surface area contributed by atoms with E-state index in [0.717, 1.165) is 0 Å². The number of likely N-dealkylation sites (tertiary alicyclic amines) is 1. The van der Waals surface area contributed by atoms with Gasteiger partial charge in [-0.2, -0.15) is 5.10 Å². The Bertz CT molecular complexity index is 547. The van der Waals surface area contributed by atoms with E-state index in [1.165, 1.54) is 17.1 Å². The van der Waals surface area contributed by atoms with Crippen molar-refractivity contribution in [2.45, 2.75) is 19.4 Å². The van der Waals surface area contributed by atoms with Crippen LogP contribution in [-0.2, 0) is 16.1 Å². The number of piperidine rings is 1. The smallest absolute Gasteiger partial charge is 0.251 e. The van der Waals surface area contributed by atoms with Crippen molar-refractivity contribution in [1.29, 1.82) is 0 Å². The third-order valence-corrected chi connectivity index (χ3v) is 3.58. The first-order valence-electron chi connectivity index (χ1n) is 6.61. The predicted molar refractivity (Wildman–Crippen MR) is 72.4 cm³/mol. The second-order valence-electron chi connectivity index (χ2n) is 4.95. The van der Waals surface area contributed by atoms with Crippen molar-refractivity contribution in [3.63, 3.8) is 0 Å². The predicted octanol–water partition coefficient (Wildman–Crippen LogP) is -1.79. The molecule has 2 heterocycles. The largest absolute Gasteiger partial charge is 0.366 e. The molecule has 114 valence electrons. The molecule has 0 radical (unpaired) electrons. The van der Waals surface area contributed by atoms with Gasteiger partial charge in [-0.15, -0.1) is 0 Å². The summed E-state index contributed by atoms with van der Waals surface area (Å²) in [5.74, 6) is 4.06. The molecular weight excluding hydrogens is 276 g/mol. The van der Waals surface area contributed by atoms with Crippen LogP contribution in [0, 0.1) is 5.92 Å². The molecule has 0 saturated carbocycles.